The molecule has 0 unspecified atom stereocenters. The molecule has 0 aliphatic carbocycles. The van der Waals surface area contributed by atoms with Gasteiger partial charge in [0.05, 0.1) is 23.3 Å². The van der Waals surface area contributed by atoms with E-state index in [2.05, 4.69) is 60.7 Å². The molecule has 0 bridgehead atoms. The molecule has 2 nitrogen and oxygen atoms in total. The summed E-state index contributed by atoms with van der Waals surface area (Å²) in [6.45, 7) is 0. The van der Waals surface area contributed by atoms with Crippen molar-refractivity contribution in [3.63, 3.8) is 0 Å². The molecule has 0 N–H and O–H groups in total. The Kier molecular flexibility index (Phi) is 12.3. The van der Waals surface area contributed by atoms with Gasteiger partial charge in [0.25, 0.3) is 0 Å². The second-order valence-electron chi connectivity index (χ2n) is 11.2. The molecule has 4 aromatic carbocycles. The summed E-state index contributed by atoms with van der Waals surface area (Å²) in [5.74, 6) is 0. The van der Waals surface area contributed by atoms with E-state index in [1.807, 2.05) is 48.5 Å². The summed E-state index contributed by atoms with van der Waals surface area (Å²) in [4.78, 5) is 0. The van der Waals surface area contributed by atoms with Crippen LogP contribution in [-0.4, -0.2) is 0 Å². The summed E-state index contributed by atoms with van der Waals surface area (Å²) >= 11 is 0. The van der Waals surface area contributed by atoms with Crippen LogP contribution < -0.4 is 0 Å². The molecule has 0 amide bonds. The van der Waals surface area contributed by atoms with E-state index in [1.54, 1.807) is 0 Å². The van der Waals surface area contributed by atoms with Gasteiger partial charge in [0.15, 0.2) is 0 Å². The maximum Gasteiger partial charge on any atom is 0.0991 e. The van der Waals surface area contributed by atoms with E-state index < -0.39 is 0 Å². The van der Waals surface area contributed by atoms with Crippen LogP contribution in [0.5, 0.6) is 0 Å². The lowest BCUT2D eigenvalue weighted by molar-refractivity contribution is 0.545. The highest BCUT2D eigenvalue weighted by Gasteiger charge is 2.02. The number of hydrogen-bond acceptors (Lipinski definition) is 2. The van der Waals surface area contributed by atoms with Crippen molar-refractivity contribution in [1.82, 2.24) is 0 Å². The minimum atomic E-state index is 0.706. The van der Waals surface area contributed by atoms with Crippen LogP contribution in [0.15, 0.2) is 97.1 Å². The molecular formula is C39H42N2. The Morgan fingerprint density at radius 2 is 0.561 bits per heavy atom. The Balaban J connectivity index is 0.970. The number of hydrogen-bond donors (Lipinski definition) is 0. The summed E-state index contributed by atoms with van der Waals surface area (Å²) in [5.41, 5.74) is 9.01. The second-order valence-corrected chi connectivity index (χ2v) is 11.2. The maximum absolute atomic E-state index is 8.96. The average Bonchev–Trinajstić information content (AvgIpc) is 3.04. The molecule has 208 valence electrons. The van der Waals surface area contributed by atoms with Gasteiger partial charge in [-0.1, -0.05) is 131 Å². The highest BCUT2D eigenvalue weighted by Crippen LogP contribution is 2.23. The van der Waals surface area contributed by atoms with Crippen molar-refractivity contribution in [3.05, 3.63) is 119 Å². The van der Waals surface area contributed by atoms with Gasteiger partial charge in [-0.25, -0.2) is 0 Å². The molecule has 2 heteroatoms. The first-order valence-corrected chi connectivity index (χ1v) is 15.4. The summed E-state index contributed by atoms with van der Waals surface area (Å²) in [7, 11) is 0. The third-order valence-electron chi connectivity index (χ3n) is 8.03. The SMILES string of the molecule is N#Cc1ccc(-c2ccc(CCCCCCCCCCCCCc3ccc(-c4ccc(C#N)cc4)cc3)cc2)cc1. The fourth-order valence-electron chi connectivity index (χ4n) is 5.45. The Morgan fingerprint density at radius 1 is 0.317 bits per heavy atom. The molecule has 0 spiro atoms. The Hall–Kier alpha value is -4.14. The molecule has 0 fully saturated rings. The largest absolute Gasteiger partial charge is 0.192 e. The molecule has 0 saturated carbocycles. The first-order valence-electron chi connectivity index (χ1n) is 15.4. The standard InChI is InChI=1S/C39H42N2/c40-30-34-18-26-38(27-19-34)36-22-14-32(15-23-36)12-10-8-6-4-2-1-3-5-7-9-11-13-33-16-24-37(25-17-33)39-28-20-35(31-41)21-29-39/h14-29H,1-13H2. The van der Waals surface area contributed by atoms with Crippen LogP contribution >= 0.6 is 0 Å². The third kappa shape index (κ3) is 10.1. The quantitative estimate of drug-likeness (QED) is 0.133. The average molecular weight is 539 g/mol. The molecule has 0 aromatic heterocycles. The molecule has 4 aromatic rings. The molecule has 0 heterocycles. The Morgan fingerprint density at radius 3 is 0.829 bits per heavy atom. The zero-order valence-corrected chi connectivity index (χ0v) is 24.3. The van der Waals surface area contributed by atoms with E-state index in [4.69, 9.17) is 10.5 Å². The number of nitriles is 2. The summed E-state index contributed by atoms with van der Waals surface area (Å²) in [5, 5.41) is 17.9. The minimum absolute atomic E-state index is 0.706. The predicted molar refractivity (Wildman–Crippen MR) is 171 cm³/mol. The molecular weight excluding hydrogens is 496 g/mol. The zero-order valence-electron chi connectivity index (χ0n) is 24.3. The van der Waals surface area contributed by atoms with Crippen LogP contribution in [0.3, 0.4) is 0 Å². The van der Waals surface area contributed by atoms with Crippen LogP contribution in [0.4, 0.5) is 0 Å². The number of rotatable bonds is 16. The fraction of sp³-hybridized carbons (Fsp3) is 0.333. The van der Waals surface area contributed by atoms with Crippen molar-refractivity contribution in [2.75, 3.05) is 0 Å². The van der Waals surface area contributed by atoms with Crippen LogP contribution in [-0.2, 0) is 12.8 Å². The lowest BCUT2D eigenvalue weighted by Gasteiger charge is -2.06. The van der Waals surface area contributed by atoms with Crippen molar-refractivity contribution >= 4 is 0 Å². The smallest absolute Gasteiger partial charge is 0.0991 e. The normalized spacial score (nSPS) is 10.7. The number of unbranched alkanes of at least 4 members (excludes halogenated alkanes) is 10. The van der Waals surface area contributed by atoms with Crippen LogP contribution in [0, 0.1) is 22.7 Å². The van der Waals surface area contributed by atoms with Gasteiger partial charge in [0.1, 0.15) is 0 Å². The summed E-state index contributed by atoms with van der Waals surface area (Å²) in [6.07, 6.45) is 17.1. The highest BCUT2D eigenvalue weighted by atomic mass is 14.2. The molecule has 0 saturated heterocycles. The van der Waals surface area contributed by atoms with Crippen LogP contribution in [0.1, 0.15) is 92.9 Å². The Labute approximate surface area is 247 Å². The molecule has 0 atom stereocenters. The summed E-state index contributed by atoms with van der Waals surface area (Å²) < 4.78 is 0. The predicted octanol–water partition coefficient (Wildman–Crippen LogP) is 10.8. The third-order valence-corrected chi connectivity index (χ3v) is 8.03. The van der Waals surface area contributed by atoms with Crippen molar-refractivity contribution in [2.24, 2.45) is 0 Å². The maximum atomic E-state index is 8.96. The minimum Gasteiger partial charge on any atom is -0.192 e. The van der Waals surface area contributed by atoms with Crippen molar-refractivity contribution < 1.29 is 0 Å². The number of benzene rings is 4. The molecule has 41 heavy (non-hydrogen) atoms. The summed E-state index contributed by atoms with van der Waals surface area (Å²) in [6, 6.07) is 37.8. The van der Waals surface area contributed by atoms with E-state index in [-0.39, 0.29) is 0 Å². The van der Waals surface area contributed by atoms with Gasteiger partial charge < -0.3 is 0 Å². The first kappa shape index (κ1) is 29.8. The topological polar surface area (TPSA) is 47.6 Å². The van der Waals surface area contributed by atoms with E-state index in [0.29, 0.717) is 11.1 Å². The van der Waals surface area contributed by atoms with E-state index >= 15 is 0 Å². The zero-order chi connectivity index (χ0) is 28.5. The van der Waals surface area contributed by atoms with Crippen molar-refractivity contribution in [3.8, 4) is 34.4 Å². The van der Waals surface area contributed by atoms with Gasteiger partial charge in [-0.05, 0) is 83.3 Å². The van der Waals surface area contributed by atoms with E-state index in [9.17, 15) is 0 Å². The molecule has 0 aliphatic heterocycles. The van der Waals surface area contributed by atoms with Gasteiger partial charge in [-0.3, -0.25) is 0 Å². The van der Waals surface area contributed by atoms with Gasteiger partial charge in [0, 0.05) is 0 Å². The van der Waals surface area contributed by atoms with Crippen molar-refractivity contribution in [2.45, 2.75) is 83.5 Å². The van der Waals surface area contributed by atoms with Gasteiger partial charge >= 0.3 is 0 Å². The Bertz CT molecular complexity index is 1270. The monoisotopic (exact) mass is 538 g/mol. The lowest BCUT2D eigenvalue weighted by atomic mass is 9.99. The number of nitrogens with zero attached hydrogens (tertiary/aromatic N) is 2. The van der Waals surface area contributed by atoms with Crippen LogP contribution in [0.2, 0.25) is 0 Å². The van der Waals surface area contributed by atoms with Gasteiger partial charge in [0.2, 0.25) is 0 Å². The molecule has 0 aliphatic rings. The number of aryl methyl sites for hydroxylation is 2. The second kappa shape index (κ2) is 16.8. The van der Waals surface area contributed by atoms with E-state index in [0.717, 1.165) is 12.8 Å². The van der Waals surface area contributed by atoms with Gasteiger partial charge in [-0.15, -0.1) is 0 Å². The molecule has 0 radical (unpaired) electrons. The van der Waals surface area contributed by atoms with Crippen molar-refractivity contribution in [1.29, 1.82) is 10.5 Å². The first-order chi connectivity index (χ1) is 20.2. The van der Waals surface area contributed by atoms with Crippen LogP contribution in [0.25, 0.3) is 22.3 Å². The van der Waals surface area contributed by atoms with Gasteiger partial charge in [-0.2, -0.15) is 10.5 Å². The highest BCUT2D eigenvalue weighted by molar-refractivity contribution is 5.65. The van der Waals surface area contributed by atoms with E-state index in [1.165, 1.54) is 104 Å². The lowest BCUT2D eigenvalue weighted by Crippen LogP contribution is -1.88. The fourth-order valence-corrected chi connectivity index (χ4v) is 5.45. The molecule has 4 rings (SSSR count).